The Balaban J connectivity index is 2.36. The molecule has 3 nitrogen and oxygen atoms in total. The molecule has 104 valence electrons. The summed E-state index contributed by atoms with van der Waals surface area (Å²) in [6.45, 7) is 5.85. The first kappa shape index (κ1) is 14.6. The van der Waals surface area contributed by atoms with Crippen LogP contribution in [0.4, 0.5) is 11.4 Å². The number of rotatable bonds is 2. The smallest absolute Gasteiger partial charge is 0.256 e. The summed E-state index contributed by atoms with van der Waals surface area (Å²) in [5.41, 5.74) is 10.9. The van der Waals surface area contributed by atoms with E-state index in [1.807, 2.05) is 45.0 Å². The van der Waals surface area contributed by atoms with Crippen molar-refractivity contribution in [1.29, 1.82) is 0 Å². The van der Waals surface area contributed by atoms with Gasteiger partial charge in [-0.05, 0) is 55.7 Å². The standard InChI is InChI=1S/C16H17BrN2O/c1-9-5-4-6-13(11(9)3)16(20)19-15-10(2)7-12(17)8-14(15)18/h4-8H,18H2,1-3H3,(H,19,20). The molecule has 2 rings (SSSR count). The van der Waals surface area contributed by atoms with Gasteiger partial charge in [0.1, 0.15) is 0 Å². The van der Waals surface area contributed by atoms with Crippen molar-refractivity contribution in [2.45, 2.75) is 20.8 Å². The Morgan fingerprint density at radius 2 is 1.85 bits per heavy atom. The van der Waals surface area contributed by atoms with E-state index in [0.717, 1.165) is 21.2 Å². The zero-order chi connectivity index (χ0) is 14.9. The van der Waals surface area contributed by atoms with E-state index < -0.39 is 0 Å². The molecule has 3 N–H and O–H groups in total. The minimum atomic E-state index is -0.136. The second kappa shape index (κ2) is 5.67. The Bertz CT molecular complexity index is 657. The molecule has 0 bridgehead atoms. The van der Waals surface area contributed by atoms with Crippen molar-refractivity contribution in [1.82, 2.24) is 0 Å². The molecule has 0 spiro atoms. The first-order chi connectivity index (χ1) is 9.40. The number of hydrogen-bond donors (Lipinski definition) is 2. The van der Waals surface area contributed by atoms with E-state index in [2.05, 4.69) is 21.2 Å². The maximum absolute atomic E-state index is 12.4. The first-order valence-electron chi connectivity index (χ1n) is 6.33. The van der Waals surface area contributed by atoms with Crippen LogP contribution in [0.2, 0.25) is 0 Å². The highest BCUT2D eigenvalue weighted by Crippen LogP contribution is 2.28. The fourth-order valence-corrected chi connectivity index (χ4v) is 2.71. The molecule has 0 heterocycles. The SMILES string of the molecule is Cc1cccc(C(=O)Nc2c(C)cc(Br)cc2N)c1C. The van der Waals surface area contributed by atoms with Crippen molar-refractivity contribution < 1.29 is 4.79 Å². The number of carbonyl (C=O) groups is 1. The van der Waals surface area contributed by atoms with E-state index in [-0.39, 0.29) is 5.91 Å². The van der Waals surface area contributed by atoms with Gasteiger partial charge in [-0.3, -0.25) is 4.79 Å². The topological polar surface area (TPSA) is 55.1 Å². The molecule has 1 amide bonds. The molecule has 0 aromatic heterocycles. The highest BCUT2D eigenvalue weighted by Gasteiger charge is 2.13. The van der Waals surface area contributed by atoms with Gasteiger partial charge in [-0.25, -0.2) is 0 Å². The van der Waals surface area contributed by atoms with Gasteiger partial charge in [0.2, 0.25) is 0 Å². The average molecular weight is 333 g/mol. The third kappa shape index (κ3) is 2.85. The molecular weight excluding hydrogens is 316 g/mol. The molecule has 0 aliphatic rings. The molecule has 0 atom stereocenters. The third-order valence-electron chi connectivity index (χ3n) is 3.42. The summed E-state index contributed by atoms with van der Waals surface area (Å²) in [6, 6.07) is 9.41. The number of anilines is 2. The number of nitrogens with one attached hydrogen (secondary N) is 1. The number of aryl methyl sites for hydroxylation is 2. The summed E-state index contributed by atoms with van der Waals surface area (Å²) >= 11 is 3.39. The number of halogens is 1. The number of nitrogen functional groups attached to an aromatic ring is 1. The maximum Gasteiger partial charge on any atom is 0.256 e. The monoisotopic (exact) mass is 332 g/mol. The van der Waals surface area contributed by atoms with Gasteiger partial charge in [-0.1, -0.05) is 28.1 Å². The number of hydrogen-bond acceptors (Lipinski definition) is 2. The lowest BCUT2D eigenvalue weighted by molar-refractivity contribution is 0.102. The molecule has 0 fully saturated rings. The minimum Gasteiger partial charge on any atom is -0.397 e. The predicted octanol–water partition coefficient (Wildman–Crippen LogP) is 4.21. The first-order valence-corrected chi connectivity index (χ1v) is 7.12. The number of nitrogens with two attached hydrogens (primary N) is 1. The summed E-state index contributed by atoms with van der Waals surface area (Å²) in [5, 5.41) is 2.91. The molecule has 0 radical (unpaired) electrons. The zero-order valence-corrected chi connectivity index (χ0v) is 13.3. The van der Waals surface area contributed by atoms with E-state index in [0.29, 0.717) is 16.9 Å². The Labute approximate surface area is 127 Å². The number of carbonyl (C=O) groups excluding carboxylic acids is 1. The second-order valence-electron chi connectivity index (χ2n) is 4.89. The predicted molar refractivity (Wildman–Crippen MR) is 87.2 cm³/mol. The molecule has 4 heteroatoms. The molecule has 2 aromatic rings. The number of amides is 1. The van der Waals surface area contributed by atoms with E-state index >= 15 is 0 Å². The van der Waals surface area contributed by atoms with Gasteiger partial charge < -0.3 is 11.1 Å². The molecule has 0 saturated carbocycles. The molecule has 0 saturated heterocycles. The summed E-state index contributed by atoms with van der Waals surface area (Å²) in [4.78, 5) is 12.4. The highest BCUT2D eigenvalue weighted by molar-refractivity contribution is 9.10. The quantitative estimate of drug-likeness (QED) is 0.809. The van der Waals surface area contributed by atoms with Crippen LogP contribution < -0.4 is 11.1 Å². The Hall–Kier alpha value is -1.81. The van der Waals surface area contributed by atoms with Crippen LogP contribution in [-0.2, 0) is 0 Å². The molecule has 2 aromatic carbocycles. The fraction of sp³-hybridized carbons (Fsp3) is 0.188. The van der Waals surface area contributed by atoms with Gasteiger partial charge in [0.05, 0.1) is 11.4 Å². The van der Waals surface area contributed by atoms with E-state index in [4.69, 9.17) is 5.73 Å². The molecule has 0 aliphatic heterocycles. The summed E-state index contributed by atoms with van der Waals surface area (Å²) in [6.07, 6.45) is 0. The summed E-state index contributed by atoms with van der Waals surface area (Å²) in [5.74, 6) is -0.136. The fourth-order valence-electron chi connectivity index (χ4n) is 2.12. The average Bonchev–Trinajstić information content (AvgIpc) is 2.36. The van der Waals surface area contributed by atoms with Crippen molar-refractivity contribution in [2.75, 3.05) is 11.1 Å². The number of benzene rings is 2. The lowest BCUT2D eigenvalue weighted by Crippen LogP contribution is -2.16. The molecule has 0 unspecified atom stereocenters. The summed E-state index contributed by atoms with van der Waals surface area (Å²) < 4.78 is 0.900. The summed E-state index contributed by atoms with van der Waals surface area (Å²) in [7, 11) is 0. The van der Waals surface area contributed by atoms with Crippen LogP contribution in [0.1, 0.15) is 27.0 Å². The van der Waals surface area contributed by atoms with Gasteiger partial charge in [-0.2, -0.15) is 0 Å². The van der Waals surface area contributed by atoms with Gasteiger partial charge in [-0.15, -0.1) is 0 Å². The van der Waals surface area contributed by atoms with Gasteiger partial charge in [0.15, 0.2) is 0 Å². The van der Waals surface area contributed by atoms with E-state index in [9.17, 15) is 4.79 Å². The van der Waals surface area contributed by atoms with Crippen molar-refractivity contribution in [3.8, 4) is 0 Å². The van der Waals surface area contributed by atoms with Crippen molar-refractivity contribution in [3.63, 3.8) is 0 Å². The minimum absolute atomic E-state index is 0.136. The third-order valence-corrected chi connectivity index (χ3v) is 3.88. The molecular formula is C16H17BrN2O. The van der Waals surface area contributed by atoms with Crippen LogP contribution in [0, 0.1) is 20.8 Å². The van der Waals surface area contributed by atoms with Gasteiger partial charge in [0, 0.05) is 10.0 Å². The molecule has 0 aliphatic carbocycles. The van der Waals surface area contributed by atoms with Crippen LogP contribution >= 0.6 is 15.9 Å². The Morgan fingerprint density at radius 3 is 2.50 bits per heavy atom. The Morgan fingerprint density at radius 1 is 1.15 bits per heavy atom. The highest BCUT2D eigenvalue weighted by atomic mass is 79.9. The lowest BCUT2D eigenvalue weighted by Gasteiger charge is -2.14. The van der Waals surface area contributed by atoms with E-state index in [1.54, 1.807) is 6.07 Å². The van der Waals surface area contributed by atoms with Crippen LogP contribution in [0.3, 0.4) is 0 Å². The van der Waals surface area contributed by atoms with Crippen LogP contribution in [0.25, 0.3) is 0 Å². The van der Waals surface area contributed by atoms with Crippen LogP contribution in [0.15, 0.2) is 34.8 Å². The van der Waals surface area contributed by atoms with Gasteiger partial charge in [0.25, 0.3) is 5.91 Å². The van der Waals surface area contributed by atoms with Gasteiger partial charge >= 0.3 is 0 Å². The second-order valence-corrected chi connectivity index (χ2v) is 5.80. The largest absolute Gasteiger partial charge is 0.397 e. The molecule has 20 heavy (non-hydrogen) atoms. The van der Waals surface area contributed by atoms with Crippen LogP contribution in [0.5, 0.6) is 0 Å². The zero-order valence-electron chi connectivity index (χ0n) is 11.8. The van der Waals surface area contributed by atoms with E-state index in [1.165, 1.54) is 0 Å². The van der Waals surface area contributed by atoms with Crippen molar-refractivity contribution in [3.05, 3.63) is 57.1 Å². The van der Waals surface area contributed by atoms with Crippen molar-refractivity contribution >= 4 is 33.2 Å². The maximum atomic E-state index is 12.4. The Kier molecular flexibility index (Phi) is 4.14. The van der Waals surface area contributed by atoms with Crippen molar-refractivity contribution in [2.24, 2.45) is 0 Å². The normalized spacial score (nSPS) is 10.4. The van der Waals surface area contributed by atoms with Crippen LogP contribution in [-0.4, -0.2) is 5.91 Å². The lowest BCUT2D eigenvalue weighted by atomic mass is 10.0.